The lowest BCUT2D eigenvalue weighted by Crippen LogP contribution is -2.57. The highest BCUT2D eigenvalue weighted by atomic mass is 35.5. The third kappa shape index (κ3) is 4.44. The van der Waals surface area contributed by atoms with Crippen LogP contribution in [-0.4, -0.2) is 30.4 Å². The number of carbonyl (C=O) groups is 1. The van der Waals surface area contributed by atoms with E-state index in [0.29, 0.717) is 30.5 Å². The molecule has 39 heavy (non-hydrogen) atoms. The molecule has 1 aromatic carbocycles. The number of amides is 1. The molecule has 2 aromatic heterocycles. The van der Waals surface area contributed by atoms with Gasteiger partial charge in [0.1, 0.15) is 0 Å². The van der Waals surface area contributed by atoms with Crippen molar-refractivity contribution in [2.75, 3.05) is 5.32 Å². The number of aryl methyl sites for hydroxylation is 2. The Morgan fingerprint density at radius 2 is 1.85 bits per heavy atom. The van der Waals surface area contributed by atoms with Gasteiger partial charge in [-0.15, -0.1) is 0 Å². The molecule has 1 N–H and O–H groups in total. The molecule has 0 radical (unpaired) electrons. The first-order valence-corrected chi connectivity index (χ1v) is 14.1. The molecule has 2 atom stereocenters. The standard InChI is InChI=1S/C29H35ClN6O3/c1-17-6-5-7-21(8-17)15-34-20(4)26(18(2)32-34)31-24(37)14-28-10-22-9-23(11-28)13-29(12-22,16-28)35-19(3)25(30)27(33-35)36(38)39/h5-8,22-23H,9-16H2,1-4H3,(H,31,37). The van der Waals surface area contributed by atoms with Gasteiger partial charge >= 0.3 is 5.82 Å². The highest BCUT2D eigenvalue weighted by Gasteiger charge is 2.61. The number of hydrogen-bond donors (Lipinski definition) is 1. The van der Waals surface area contributed by atoms with Crippen LogP contribution in [0.2, 0.25) is 5.02 Å². The Morgan fingerprint density at radius 1 is 1.13 bits per heavy atom. The molecule has 4 aliphatic carbocycles. The average molecular weight is 551 g/mol. The van der Waals surface area contributed by atoms with E-state index in [-0.39, 0.29) is 27.7 Å². The van der Waals surface area contributed by atoms with Gasteiger partial charge in [0.15, 0.2) is 5.02 Å². The predicted molar refractivity (Wildman–Crippen MR) is 149 cm³/mol. The number of nitrogens with zero attached hydrogens (tertiary/aromatic N) is 5. The predicted octanol–water partition coefficient (Wildman–Crippen LogP) is 6.25. The van der Waals surface area contributed by atoms with Gasteiger partial charge in [-0.05, 0) is 94.0 Å². The van der Waals surface area contributed by atoms with Crippen molar-refractivity contribution in [3.8, 4) is 0 Å². The maximum absolute atomic E-state index is 13.6. The fourth-order valence-corrected chi connectivity index (χ4v) is 8.63. The van der Waals surface area contributed by atoms with E-state index in [1.165, 1.54) is 11.1 Å². The summed E-state index contributed by atoms with van der Waals surface area (Å²) in [6.45, 7) is 8.49. The minimum absolute atomic E-state index is 0.00889. The van der Waals surface area contributed by atoms with Gasteiger partial charge in [-0.1, -0.05) is 41.4 Å². The summed E-state index contributed by atoms with van der Waals surface area (Å²) in [5.74, 6) is 0.710. The number of halogens is 1. The molecule has 206 valence electrons. The second-order valence-corrected chi connectivity index (χ2v) is 12.9. The Morgan fingerprint density at radius 3 is 2.49 bits per heavy atom. The monoisotopic (exact) mass is 550 g/mol. The van der Waals surface area contributed by atoms with Crippen LogP contribution < -0.4 is 5.32 Å². The first-order valence-electron chi connectivity index (χ1n) is 13.8. The first-order chi connectivity index (χ1) is 18.5. The molecule has 4 bridgehead atoms. The minimum Gasteiger partial charge on any atom is -0.358 e. The van der Waals surface area contributed by atoms with Crippen LogP contribution in [-0.2, 0) is 16.9 Å². The molecule has 1 amide bonds. The summed E-state index contributed by atoms with van der Waals surface area (Å²) in [6.07, 6.45) is 6.28. The second-order valence-electron chi connectivity index (χ2n) is 12.5. The molecule has 2 heterocycles. The molecular formula is C29H35ClN6O3. The lowest BCUT2D eigenvalue weighted by molar-refractivity contribution is -0.389. The number of aromatic nitrogens is 4. The molecular weight excluding hydrogens is 516 g/mol. The number of nitro groups is 1. The van der Waals surface area contributed by atoms with Gasteiger partial charge in [-0.3, -0.25) is 9.48 Å². The smallest absolute Gasteiger partial charge is 0.358 e. The number of benzene rings is 1. The number of anilines is 1. The summed E-state index contributed by atoms with van der Waals surface area (Å²) in [6, 6.07) is 8.37. The third-order valence-electron chi connectivity index (χ3n) is 9.40. The second kappa shape index (κ2) is 9.18. The third-order valence-corrected chi connectivity index (χ3v) is 9.84. The molecule has 3 aromatic rings. The van der Waals surface area contributed by atoms with E-state index in [1.807, 2.05) is 36.2 Å². The molecule has 7 rings (SSSR count). The van der Waals surface area contributed by atoms with Crippen molar-refractivity contribution in [3.05, 3.63) is 67.6 Å². The maximum atomic E-state index is 13.6. The van der Waals surface area contributed by atoms with Crippen LogP contribution in [0.4, 0.5) is 11.5 Å². The van der Waals surface area contributed by atoms with E-state index in [9.17, 15) is 14.9 Å². The fourth-order valence-electron chi connectivity index (χ4n) is 8.44. The Balaban J connectivity index is 1.23. The molecule has 0 aliphatic heterocycles. The highest BCUT2D eigenvalue weighted by Crippen LogP contribution is 2.65. The number of hydrogen-bond acceptors (Lipinski definition) is 5. The molecule has 0 saturated heterocycles. The van der Waals surface area contributed by atoms with Crippen LogP contribution in [0.25, 0.3) is 0 Å². The number of nitrogens with one attached hydrogen (secondary N) is 1. The van der Waals surface area contributed by atoms with Crippen LogP contribution in [0.15, 0.2) is 24.3 Å². The van der Waals surface area contributed by atoms with E-state index in [4.69, 9.17) is 16.7 Å². The zero-order chi connectivity index (χ0) is 27.7. The van der Waals surface area contributed by atoms with Gasteiger partial charge in [0, 0.05) is 6.42 Å². The highest BCUT2D eigenvalue weighted by molar-refractivity contribution is 6.33. The molecule has 4 aliphatic rings. The molecule has 4 fully saturated rings. The Bertz CT molecular complexity index is 1480. The quantitative estimate of drug-likeness (QED) is 0.276. The van der Waals surface area contributed by atoms with Crippen molar-refractivity contribution >= 4 is 29.0 Å². The van der Waals surface area contributed by atoms with Crippen LogP contribution in [0.1, 0.15) is 73.2 Å². The van der Waals surface area contributed by atoms with Crippen molar-refractivity contribution < 1.29 is 9.72 Å². The molecule has 9 nitrogen and oxygen atoms in total. The van der Waals surface area contributed by atoms with Crippen molar-refractivity contribution in [2.24, 2.45) is 17.3 Å². The largest absolute Gasteiger partial charge is 0.408 e. The van der Waals surface area contributed by atoms with Crippen molar-refractivity contribution in [3.63, 3.8) is 0 Å². The van der Waals surface area contributed by atoms with E-state index in [2.05, 4.69) is 35.5 Å². The van der Waals surface area contributed by atoms with Crippen molar-refractivity contribution in [1.82, 2.24) is 19.6 Å². The normalized spacial score (nSPS) is 27.2. The minimum atomic E-state index is -0.501. The van der Waals surface area contributed by atoms with Crippen LogP contribution in [0.3, 0.4) is 0 Å². The molecule has 10 heteroatoms. The summed E-state index contributed by atoms with van der Waals surface area (Å²) >= 11 is 6.35. The Kier molecular flexibility index (Phi) is 6.13. The van der Waals surface area contributed by atoms with Gasteiger partial charge in [0.2, 0.25) is 5.91 Å². The Hall–Kier alpha value is -3.20. The van der Waals surface area contributed by atoms with E-state index >= 15 is 0 Å². The average Bonchev–Trinajstić information content (AvgIpc) is 3.28. The van der Waals surface area contributed by atoms with E-state index in [0.717, 1.165) is 55.6 Å². The van der Waals surface area contributed by atoms with Crippen LogP contribution in [0, 0.1) is 55.1 Å². The van der Waals surface area contributed by atoms with Gasteiger partial charge in [-0.25, -0.2) is 0 Å². The first kappa shape index (κ1) is 26.0. The zero-order valence-electron chi connectivity index (χ0n) is 23.0. The van der Waals surface area contributed by atoms with Gasteiger partial charge < -0.3 is 15.4 Å². The van der Waals surface area contributed by atoms with E-state index < -0.39 is 4.92 Å². The summed E-state index contributed by atoms with van der Waals surface area (Å²) in [7, 11) is 0. The molecule has 0 spiro atoms. The Labute approximate surface area is 233 Å². The summed E-state index contributed by atoms with van der Waals surface area (Å²) in [4.78, 5) is 24.6. The summed E-state index contributed by atoms with van der Waals surface area (Å²) < 4.78 is 3.80. The molecule has 4 saturated carbocycles. The SMILES string of the molecule is Cc1cccc(Cn2nc(C)c(NC(=O)CC34CC5CC(C3)CC(n3nc([N+](=O)[O-])c(Cl)c3C)(C5)C4)c2C)c1. The van der Waals surface area contributed by atoms with Gasteiger partial charge in [0.05, 0.1) is 40.0 Å². The number of rotatable bonds is 7. The van der Waals surface area contributed by atoms with Gasteiger partial charge in [0.25, 0.3) is 0 Å². The van der Waals surface area contributed by atoms with Crippen LogP contribution >= 0.6 is 11.6 Å². The maximum Gasteiger partial charge on any atom is 0.408 e. The zero-order valence-corrected chi connectivity index (χ0v) is 23.7. The summed E-state index contributed by atoms with van der Waals surface area (Å²) in [5.41, 5.74) is 5.10. The topological polar surface area (TPSA) is 108 Å². The van der Waals surface area contributed by atoms with Gasteiger partial charge in [-0.2, -0.15) is 9.78 Å². The molecule has 2 unspecified atom stereocenters. The lowest BCUT2D eigenvalue weighted by Gasteiger charge is -2.61. The number of carbonyl (C=O) groups excluding carboxylic acids is 1. The van der Waals surface area contributed by atoms with Crippen molar-refractivity contribution in [1.29, 1.82) is 0 Å². The van der Waals surface area contributed by atoms with Crippen molar-refractivity contribution in [2.45, 2.75) is 84.7 Å². The fraction of sp³-hybridized carbons (Fsp3) is 0.552. The van der Waals surface area contributed by atoms with E-state index in [1.54, 1.807) is 0 Å². The van der Waals surface area contributed by atoms with Crippen LogP contribution in [0.5, 0.6) is 0 Å². The lowest BCUT2D eigenvalue weighted by atomic mass is 9.46. The summed E-state index contributed by atoms with van der Waals surface area (Å²) in [5, 5.41) is 24.0.